The van der Waals surface area contributed by atoms with Gasteiger partial charge in [0.05, 0.1) is 6.26 Å². The summed E-state index contributed by atoms with van der Waals surface area (Å²) in [6.07, 6.45) is 2.49. The minimum atomic E-state index is -0.200. The van der Waals surface area contributed by atoms with Crippen LogP contribution in [-0.4, -0.2) is 0 Å². The molecule has 0 saturated heterocycles. The molecule has 0 fully saturated rings. The van der Waals surface area contributed by atoms with Crippen molar-refractivity contribution in [3.05, 3.63) is 71.7 Å². The zero-order valence-electron chi connectivity index (χ0n) is 10.1. The molecule has 0 N–H and O–H groups in total. The molecule has 1 unspecified atom stereocenters. The third kappa shape index (κ3) is 2.56. The molecule has 19 heavy (non-hydrogen) atoms. The Kier molecular flexibility index (Phi) is 3.38. The van der Waals surface area contributed by atoms with E-state index in [1.54, 1.807) is 18.4 Å². The maximum Gasteiger partial charge on any atom is 0.134 e. The first-order chi connectivity index (χ1) is 9.24. The molecule has 0 saturated carbocycles. The lowest BCUT2D eigenvalue weighted by Crippen LogP contribution is -1.95. The lowest BCUT2D eigenvalue weighted by molar-refractivity contribution is 0.609. The summed E-state index contributed by atoms with van der Waals surface area (Å²) in [6, 6.07) is 14.6. The summed E-state index contributed by atoms with van der Waals surface area (Å²) < 4.78 is 18.7. The number of hydrogen-bond donors (Lipinski definition) is 0. The standard InChI is InChI=1S/C16H12BrFO/c17-15(9-11-4-3-5-12(18)8-11)14-10-19-16-7-2-1-6-13(14)16/h1-8,10,15H,9H2. The number of hydrogen-bond acceptors (Lipinski definition) is 1. The SMILES string of the molecule is Fc1cccc(CC(Br)c2coc3ccccc23)c1. The molecule has 3 aromatic rings. The zero-order valence-corrected chi connectivity index (χ0v) is 11.7. The van der Waals surface area contributed by atoms with Crippen molar-refractivity contribution in [1.82, 2.24) is 0 Å². The molecule has 1 heterocycles. The molecule has 0 bridgehead atoms. The van der Waals surface area contributed by atoms with Gasteiger partial charge >= 0.3 is 0 Å². The Balaban J connectivity index is 1.90. The summed E-state index contributed by atoms with van der Waals surface area (Å²) in [5.74, 6) is -0.200. The van der Waals surface area contributed by atoms with Crippen molar-refractivity contribution in [3.63, 3.8) is 0 Å². The first-order valence-corrected chi connectivity index (χ1v) is 7.00. The lowest BCUT2D eigenvalue weighted by Gasteiger charge is -2.08. The van der Waals surface area contributed by atoms with Crippen LogP contribution in [0.25, 0.3) is 11.0 Å². The van der Waals surface area contributed by atoms with Gasteiger partial charge < -0.3 is 4.42 Å². The number of furan rings is 1. The number of rotatable bonds is 3. The van der Waals surface area contributed by atoms with Crippen molar-refractivity contribution < 1.29 is 8.81 Å². The summed E-state index contributed by atoms with van der Waals surface area (Å²) >= 11 is 3.67. The molecule has 1 aromatic heterocycles. The Morgan fingerprint density at radius 3 is 2.79 bits per heavy atom. The third-order valence-corrected chi connectivity index (χ3v) is 3.97. The van der Waals surface area contributed by atoms with Crippen LogP contribution in [0.5, 0.6) is 0 Å². The van der Waals surface area contributed by atoms with Crippen LogP contribution in [0.15, 0.2) is 59.2 Å². The van der Waals surface area contributed by atoms with E-state index in [-0.39, 0.29) is 10.6 Å². The maximum atomic E-state index is 13.2. The van der Waals surface area contributed by atoms with E-state index in [4.69, 9.17) is 4.42 Å². The van der Waals surface area contributed by atoms with E-state index in [2.05, 4.69) is 15.9 Å². The van der Waals surface area contributed by atoms with Crippen molar-refractivity contribution in [3.8, 4) is 0 Å². The van der Waals surface area contributed by atoms with Gasteiger partial charge in [-0.3, -0.25) is 0 Å². The Labute approximate surface area is 119 Å². The van der Waals surface area contributed by atoms with E-state index in [0.29, 0.717) is 0 Å². The number of benzene rings is 2. The van der Waals surface area contributed by atoms with Crippen molar-refractivity contribution in [2.45, 2.75) is 11.2 Å². The summed E-state index contributed by atoms with van der Waals surface area (Å²) in [4.78, 5) is 0.109. The van der Waals surface area contributed by atoms with Crippen LogP contribution in [0.1, 0.15) is 16.0 Å². The van der Waals surface area contributed by atoms with Gasteiger partial charge in [0.15, 0.2) is 0 Å². The zero-order chi connectivity index (χ0) is 13.2. The van der Waals surface area contributed by atoms with E-state index in [9.17, 15) is 4.39 Å². The number of halogens is 2. The topological polar surface area (TPSA) is 13.1 Å². The van der Waals surface area contributed by atoms with Crippen LogP contribution in [0.3, 0.4) is 0 Å². The molecule has 0 aliphatic carbocycles. The highest BCUT2D eigenvalue weighted by Crippen LogP contribution is 2.33. The molecule has 96 valence electrons. The van der Waals surface area contributed by atoms with Crippen LogP contribution in [0.2, 0.25) is 0 Å². The van der Waals surface area contributed by atoms with Gasteiger partial charge in [-0.25, -0.2) is 4.39 Å². The summed E-state index contributed by atoms with van der Waals surface area (Å²) in [5, 5.41) is 1.10. The second-order valence-corrected chi connectivity index (χ2v) is 5.59. The Morgan fingerprint density at radius 2 is 1.95 bits per heavy atom. The third-order valence-electron chi connectivity index (χ3n) is 3.15. The fraction of sp³-hybridized carbons (Fsp3) is 0.125. The Morgan fingerprint density at radius 1 is 1.11 bits per heavy atom. The van der Waals surface area contributed by atoms with Gasteiger partial charge in [-0.2, -0.15) is 0 Å². The van der Waals surface area contributed by atoms with Crippen LogP contribution in [0.4, 0.5) is 4.39 Å². The first-order valence-electron chi connectivity index (χ1n) is 6.08. The molecular formula is C16H12BrFO. The molecule has 2 aromatic carbocycles. The smallest absolute Gasteiger partial charge is 0.134 e. The average molecular weight is 319 g/mol. The lowest BCUT2D eigenvalue weighted by atomic mass is 10.0. The van der Waals surface area contributed by atoms with Gasteiger partial charge in [0, 0.05) is 15.8 Å². The quantitative estimate of drug-likeness (QED) is 0.601. The minimum absolute atomic E-state index is 0.109. The molecule has 1 atom stereocenters. The molecule has 0 aliphatic heterocycles. The molecule has 0 aliphatic rings. The highest BCUT2D eigenvalue weighted by Gasteiger charge is 2.14. The molecule has 1 nitrogen and oxygen atoms in total. The van der Waals surface area contributed by atoms with E-state index >= 15 is 0 Å². The molecule has 0 spiro atoms. The second kappa shape index (κ2) is 5.17. The normalized spacial score (nSPS) is 12.7. The Bertz CT molecular complexity index is 705. The van der Waals surface area contributed by atoms with Crippen molar-refractivity contribution in [2.75, 3.05) is 0 Å². The highest BCUT2D eigenvalue weighted by molar-refractivity contribution is 9.09. The van der Waals surface area contributed by atoms with Crippen LogP contribution in [0, 0.1) is 5.82 Å². The van der Waals surface area contributed by atoms with Gasteiger partial charge in [-0.05, 0) is 30.2 Å². The molecule has 0 radical (unpaired) electrons. The van der Waals surface area contributed by atoms with Crippen molar-refractivity contribution in [2.24, 2.45) is 0 Å². The number of fused-ring (bicyclic) bond motifs is 1. The predicted octanol–water partition coefficient (Wildman–Crippen LogP) is 5.25. The summed E-state index contributed by atoms with van der Waals surface area (Å²) in [7, 11) is 0. The largest absolute Gasteiger partial charge is 0.464 e. The van der Waals surface area contributed by atoms with Crippen LogP contribution in [-0.2, 0) is 6.42 Å². The molecular weight excluding hydrogens is 307 g/mol. The second-order valence-electron chi connectivity index (χ2n) is 4.49. The fourth-order valence-electron chi connectivity index (χ4n) is 2.22. The molecule has 3 rings (SSSR count). The molecule has 3 heteroatoms. The summed E-state index contributed by atoms with van der Waals surface area (Å²) in [5.41, 5.74) is 2.94. The van der Waals surface area contributed by atoms with Gasteiger partial charge in [-0.15, -0.1) is 0 Å². The van der Waals surface area contributed by atoms with Crippen LogP contribution < -0.4 is 0 Å². The monoisotopic (exact) mass is 318 g/mol. The minimum Gasteiger partial charge on any atom is -0.464 e. The predicted molar refractivity (Wildman–Crippen MR) is 78.0 cm³/mol. The van der Waals surface area contributed by atoms with Crippen LogP contribution >= 0.6 is 15.9 Å². The average Bonchev–Trinajstić information content (AvgIpc) is 2.82. The molecule has 0 amide bonds. The van der Waals surface area contributed by atoms with E-state index in [0.717, 1.165) is 28.5 Å². The van der Waals surface area contributed by atoms with Crippen molar-refractivity contribution in [1.29, 1.82) is 0 Å². The van der Waals surface area contributed by atoms with Gasteiger partial charge in [-0.1, -0.05) is 46.3 Å². The number of para-hydroxylation sites is 1. The van der Waals surface area contributed by atoms with Gasteiger partial charge in [0.2, 0.25) is 0 Å². The highest BCUT2D eigenvalue weighted by atomic mass is 79.9. The van der Waals surface area contributed by atoms with E-state index in [1.165, 1.54) is 6.07 Å². The Hall–Kier alpha value is -1.61. The van der Waals surface area contributed by atoms with Gasteiger partial charge in [0.25, 0.3) is 0 Å². The van der Waals surface area contributed by atoms with Gasteiger partial charge in [0.1, 0.15) is 11.4 Å². The maximum absolute atomic E-state index is 13.2. The van der Waals surface area contributed by atoms with Crippen molar-refractivity contribution >= 4 is 26.9 Å². The van der Waals surface area contributed by atoms with E-state index in [1.807, 2.05) is 30.3 Å². The first kappa shape index (κ1) is 12.4. The van der Waals surface area contributed by atoms with E-state index < -0.39 is 0 Å². The number of alkyl halides is 1. The summed E-state index contributed by atoms with van der Waals surface area (Å²) in [6.45, 7) is 0. The fourth-order valence-corrected chi connectivity index (χ4v) is 2.95.